The highest BCUT2D eigenvalue weighted by Gasteiger charge is 2.12. The largest absolute Gasteiger partial charge is 0.302 e. The van der Waals surface area contributed by atoms with Gasteiger partial charge in [-0.1, -0.05) is 18.2 Å². The van der Waals surface area contributed by atoms with E-state index in [1.165, 1.54) is 0 Å². The van der Waals surface area contributed by atoms with Crippen LogP contribution in [-0.4, -0.2) is 4.98 Å². The fourth-order valence-corrected chi connectivity index (χ4v) is 2.07. The van der Waals surface area contributed by atoms with Gasteiger partial charge in [0.1, 0.15) is 5.82 Å². The smallest absolute Gasteiger partial charge is 0.126 e. The summed E-state index contributed by atoms with van der Waals surface area (Å²) in [7, 11) is 0. The Balaban J connectivity index is 2.08. The van der Waals surface area contributed by atoms with Gasteiger partial charge in [0.25, 0.3) is 0 Å². The number of aromatic nitrogens is 1. The topological polar surface area (TPSA) is 24.9 Å². The second-order valence-electron chi connectivity index (χ2n) is 4.87. The predicted molar refractivity (Wildman–Crippen MR) is 75.3 cm³/mol. The summed E-state index contributed by atoms with van der Waals surface area (Å²) in [5.74, 6) is -0.156. The van der Waals surface area contributed by atoms with Crippen LogP contribution in [0.2, 0.25) is 0 Å². The number of hydrogen-bond acceptors (Lipinski definition) is 2. The first-order chi connectivity index (χ1) is 9.08. The van der Waals surface area contributed by atoms with Gasteiger partial charge in [-0.2, -0.15) is 0 Å². The van der Waals surface area contributed by atoms with Crippen molar-refractivity contribution < 1.29 is 4.39 Å². The number of aryl methyl sites for hydroxylation is 1. The molecule has 0 aliphatic heterocycles. The van der Waals surface area contributed by atoms with Crippen molar-refractivity contribution in [2.45, 2.75) is 32.9 Å². The highest BCUT2D eigenvalue weighted by atomic mass is 19.1. The zero-order valence-electron chi connectivity index (χ0n) is 11.5. The van der Waals surface area contributed by atoms with Crippen LogP contribution in [0.5, 0.6) is 0 Å². The number of benzene rings is 1. The van der Waals surface area contributed by atoms with E-state index in [2.05, 4.69) is 17.2 Å². The lowest BCUT2D eigenvalue weighted by atomic mass is 10.0. The Bertz CT molecular complexity index is 540. The quantitative estimate of drug-likeness (QED) is 0.898. The fraction of sp³-hybridized carbons (Fsp3) is 0.312. The van der Waals surface area contributed by atoms with Gasteiger partial charge in [-0.3, -0.25) is 4.98 Å². The van der Waals surface area contributed by atoms with Crippen LogP contribution in [0, 0.1) is 12.7 Å². The van der Waals surface area contributed by atoms with Gasteiger partial charge in [0.15, 0.2) is 0 Å². The van der Waals surface area contributed by atoms with E-state index in [1.54, 1.807) is 19.2 Å². The van der Waals surface area contributed by atoms with Crippen LogP contribution < -0.4 is 5.32 Å². The maximum Gasteiger partial charge on any atom is 0.126 e. The minimum atomic E-state index is -0.156. The molecule has 100 valence electrons. The SMILES string of the molecule is Cc1ccc(C(C)N[C@H](C)c2ccccn2)cc1F. The molecule has 0 saturated heterocycles. The molecule has 1 aromatic carbocycles. The average molecular weight is 258 g/mol. The third-order valence-corrected chi connectivity index (χ3v) is 3.33. The van der Waals surface area contributed by atoms with Crippen LogP contribution in [-0.2, 0) is 0 Å². The van der Waals surface area contributed by atoms with Crippen LogP contribution >= 0.6 is 0 Å². The first kappa shape index (κ1) is 13.7. The lowest BCUT2D eigenvalue weighted by molar-refractivity contribution is 0.483. The van der Waals surface area contributed by atoms with E-state index in [0.717, 1.165) is 11.3 Å². The Morgan fingerprint density at radius 3 is 2.53 bits per heavy atom. The number of nitrogens with zero attached hydrogens (tertiary/aromatic N) is 1. The van der Waals surface area contributed by atoms with Gasteiger partial charge in [0.2, 0.25) is 0 Å². The maximum atomic E-state index is 13.6. The molecule has 0 spiro atoms. The van der Waals surface area contributed by atoms with Gasteiger partial charge < -0.3 is 5.32 Å². The summed E-state index contributed by atoms with van der Waals surface area (Å²) in [5, 5.41) is 3.43. The molecule has 3 heteroatoms. The highest BCUT2D eigenvalue weighted by molar-refractivity contribution is 5.25. The number of hydrogen-bond donors (Lipinski definition) is 1. The molecule has 2 rings (SSSR count). The van der Waals surface area contributed by atoms with Crippen LogP contribution in [0.4, 0.5) is 4.39 Å². The molecule has 0 radical (unpaired) electrons. The fourth-order valence-electron chi connectivity index (χ4n) is 2.07. The van der Waals surface area contributed by atoms with Crippen LogP contribution in [0.1, 0.15) is 42.8 Å². The van der Waals surface area contributed by atoms with Crippen molar-refractivity contribution in [3.05, 3.63) is 65.2 Å². The third-order valence-electron chi connectivity index (χ3n) is 3.33. The molecular formula is C16H19FN2. The van der Waals surface area contributed by atoms with Crippen molar-refractivity contribution >= 4 is 0 Å². The van der Waals surface area contributed by atoms with Gasteiger partial charge in [0, 0.05) is 18.3 Å². The van der Waals surface area contributed by atoms with Gasteiger partial charge in [-0.15, -0.1) is 0 Å². The Hall–Kier alpha value is -1.74. The maximum absolute atomic E-state index is 13.6. The number of halogens is 1. The molecule has 2 aromatic rings. The van der Waals surface area contributed by atoms with Crippen LogP contribution in [0.25, 0.3) is 0 Å². The Morgan fingerprint density at radius 2 is 1.89 bits per heavy atom. The normalized spacial score (nSPS) is 14.1. The van der Waals surface area contributed by atoms with E-state index in [4.69, 9.17) is 0 Å². The predicted octanol–water partition coefficient (Wildman–Crippen LogP) is 3.94. The van der Waals surface area contributed by atoms with E-state index in [1.807, 2.05) is 37.3 Å². The van der Waals surface area contributed by atoms with Gasteiger partial charge >= 0.3 is 0 Å². The van der Waals surface area contributed by atoms with E-state index < -0.39 is 0 Å². The Morgan fingerprint density at radius 1 is 1.11 bits per heavy atom. The summed E-state index contributed by atoms with van der Waals surface area (Å²) in [6.45, 7) is 5.86. The molecule has 0 bridgehead atoms. The van der Waals surface area contributed by atoms with E-state index >= 15 is 0 Å². The standard InChI is InChI=1S/C16H19FN2/c1-11-7-8-14(10-15(11)17)12(2)19-13(3)16-6-4-5-9-18-16/h4-10,12-13,19H,1-3H3/t12?,13-/m1/s1. The first-order valence-corrected chi connectivity index (χ1v) is 6.51. The molecule has 1 heterocycles. The van der Waals surface area contributed by atoms with E-state index in [9.17, 15) is 4.39 Å². The monoisotopic (exact) mass is 258 g/mol. The summed E-state index contributed by atoms with van der Waals surface area (Å²) in [5.41, 5.74) is 2.61. The van der Waals surface area contributed by atoms with Gasteiger partial charge in [-0.25, -0.2) is 4.39 Å². The summed E-state index contributed by atoms with van der Waals surface area (Å²) >= 11 is 0. The van der Waals surface area contributed by atoms with Crippen molar-refractivity contribution in [2.24, 2.45) is 0 Å². The minimum Gasteiger partial charge on any atom is -0.302 e. The molecule has 1 aromatic heterocycles. The second-order valence-corrected chi connectivity index (χ2v) is 4.87. The molecule has 1 N–H and O–H groups in total. The molecule has 0 fully saturated rings. The summed E-state index contributed by atoms with van der Waals surface area (Å²) in [6, 6.07) is 11.4. The van der Waals surface area contributed by atoms with Crippen molar-refractivity contribution in [1.29, 1.82) is 0 Å². The summed E-state index contributed by atoms with van der Waals surface area (Å²) < 4.78 is 13.6. The number of rotatable bonds is 4. The molecule has 0 saturated carbocycles. The number of pyridine rings is 1. The molecule has 2 atom stereocenters. The highest BCUT2D eigenvalue weighted by Crippen LogP contribution is 2.20. The lowest BCUT2D eigenvalue weighted by Gasteiger charge is -2.20. The lowest BCUT2D eigenvalue weighted by Crippen LogP contribution is -2.23. The minimum absolute atomic E-state index is 0.0760. The van der Waals surface area contributed by atoms with Crippen molar-refractivity contribution in [1.82, 2.24) is 10.3 Å². The van der Waals surface area contributed by atoms with Crippen molar-refractivity contribution in [3.63, 3.8) is 0 Å². The Kier molecular flexibility index (Phi) is 4.27. The molecule has 0 aliphatic carbocycles. The summed E-state index contributed by atoms with van der Waals surface area (Å²) in [6.07, 6.45) is 1.78. The van der Waals surface area contributed by atoms with Crippen molar-refractivity contribution in [3.8, 4) is 0 Å². The van der Waals surface area contributed by atoms with E-state index in [0.29, 0.717) is 5.56 Å². The van der Waals surface area contributed by atoms with Crippen LogP contribution in [0.15, 0.2) is 42.6 Å². The molecule has 1 unspecified atom stereocenters. The zero-order chi connectivity index (χ0) is 13.8. The molecular weight excluding hydrogens is 239 g/mol. The second kappa shape index (κ2) is 5.93. The number of nitrogens with one attached hydrogen (secondary N) is 1. The van der Waals surface area contributed by atoms with Gasteiger partial charge in [-0.05, 0) is 50.1 Å². The molecule has 0 amide bonds. The Labute approximate surface area is 113 Å². The van der Waals surface area contributed by atoms with Crippen LogP contribution in [0.3, 0.4) is 0 Å². The van der Waals surface area contributed by atoms with Crippen molar-refractivity contribution in [2.75, 3.05) is 0 Å². The molecule has 19 heavy (non-hydrogen) atoms. The first-order valence-electron chi connectivity index (χ1n) is 6.51. The third kappa shape index (κ3) is 3.38. The average Bonchev–Trinajstić information content (AvgIpc) is 2.42. The molecule has 2 nitrogen and oxygen atoms in total. The zero-order valence-corrected chi connectivity index (χ0v) is 11.5. The summed E-state index contributed by atoms with van der Waals surface area (Å²) in [4.78, 5) is 4.32. The van der Waals surface area contributed by atoms with E-state index in [-0.39, 0.29) is 17.9 Å². The van der Waals surface area contributed by atoms with Gasteiger partial charge in [0.05, 0.1) is 5.69 Å². The molecule has 0 aliphatic rings.